The second-order valence-electron chi connectivity index (χ2n) is 6.82. The number of hydrazine groups is 1. The first-order valence-corrected chi connectivity index (χ1v) is 9.22. The Labute approximate surface area is 169 Å². The predicted octanol–water partition coefficient (Wildman–Crippen LogP) is 3.60. The van der Waals surface area contributed by atoms with Crippen LogP contribution in [0.4, 0.5) is 0 Å². The molecule has 1 heterocycles. The lowest BCUT2D eigenvalue weighted by atomic mass is 10.1. The molecule has 29 heavy (non-hydrogen) atoms. The fraction of sp³-hybridized carbons (Fsp3) is 0.273. The van der Waals surface area contributed by atoms with Crippen LogP contribution in [0.2, 0.25) is 0 Å². The van der Waals surface area contributed by atoms with E-state index in [-0.39, 0.29) is 5.76 Å². The van der Waals surface area contributed by atoms with E-state index >= 15 is 0 Å². The molecule has 0 aliphatic rings. The quantitative estimate of drug-likeness (QED) is 0.643. The summed E-state index contributed by atoms with van der Waals surface area (Å²) in [6.07, 6.45) is -0.795. The summed E-state index contributed by atoms with van der Waals surface area (Å²) >= 11 is 0. The van der Waals surface area contributed by atoms with Gasteiger partial charge >= 0.3 is 5.91 Å². The van der Waals surface area contributed by atoms with Crippen LogP contribution in [-0.2, 0) is 4.79 Å². The minimum atomic E-state index is -0.795. The van der Waals surface area contributed by atoms with E-state index in [1.165, 1.54) is 0 Å². The molecule has 3 rings (SSSR count). The smallest absolute Gasteiger partial charge is 0.305 e. The van der Waals surface area contributed by atoms with Gasteiger partial charge in [0.2, 0.25) is 0 Å². The summed E-state index contributed by atoms with van der Waals surface area (Å²) in [4.78, 5) is 24.8. The first kappa shape index (κ1) is 20.3. The van der Waals surface area contributed by atoms with E-state index in [2.05, 4.69) is 10.9 Å². The average Bonchev–Trinajstić information content (AvgIpc) is 3.05. The van der Waals surface area contributed by atoms with Crippen molar-refractivity contribution in [3.05, 3.63) is 58.8 Å². The molecule has 0 unspecified atom stereocenters. The molecule has 0 bridgehead atoms. The van der Waals surface area contributed by atoms with E-state index in [0.717, 1.165) is 16.5 Å². The Hall–Kier alpha value is -3.48. The molecule has 2 aromatic carbocycles. The maximum absolute atomic E-state index is 12.5. The van der Waals surface area contributed by atoms with E-state index in [1.807, 2.05) is 26.0 Å². The van der Waals surface area contributed by atoms with Crippen LogP contribution in [0.1, 0.15) is 34.2 Å². The van der Waals surface area contributed by atoms with Gasteiger partial charge in [-0.2, -0.15) is 0 Å². The SMILES string of the molecule is COc1ccc2oc(C(=O)NNC(=O)[C@H](C)Oc3cccc(C)c3C)c(C)c2c1. The molecule has 152 valence electrons. The second kappa shape index (κ2) is 8.26. The van der Waals surface area contributed by atoms with Gasteiger partial charge in [0.25, 0.3) is 5.91 Å². The molecule has 0 fully saturated rings. The number of benzene rings is 2. The minimum absolute atomic E-state index is 0.122. The number of rotatable bonds is 5. The molecule has 3 aromatic rings. The number of aryl methyl sites for hydroxylation is 2. The summed E-state index contributed by atoms with van der Waals surface area (Å²) in [5.41, 5.74) is 8.01. The zero-order valence-electron chi connectivity index (χ0n) is 17.1. The number of methoxy groups -OCH3 is 1. The van der Waals surface area contributed by atoms with E-state index in [4.69, 9.17) is 13.9 Å². The van der Waals surface area contributed by atoms with Gasteiger partial charge in [-0.1, -0.05) is 12.1 Å². The third-order valence-electron chi connectivity index (χ3n) is 4.88. The number of ether oxygens (including phenoxy) is 2. The molecule has 1 atom stereocenters. The van der Waals surface area contributed by atoms with Crippen LogP contribution < -0.4 is 20.3 Å². The van der Waals surface area contributed by atoms with Crippen molar-refractivity contribution in [1.29, 1.82) is 0 Å². The lowest BCUT2D eigenvalue weighted by molar-refractivity contribution is -0.128. The van der Waals surface area contributed by atoms with Crippen LogP contribution in [-0.4, -0.2) is 25.0 Å². The molecule has 7 heteroatoms. The number of amides is 2. The normalized spacial score (nSPS) is 11.8. The third-order valence-corrected chi connectivity index (χ3v) is 4.88. The second-order valence-corrected chi connectivity index (χ2v) is 6.82. The number of hydrogen-bond acceptors (Lipinski definition) is 5. The summed E-state index contributed by atoms with van der Waals surface area (Å²) in [7, 11) is 1.57. The van der Waals surface area contributed by atoms with Gasteiger partial charge in [-0.05, 0) is 63.1 Å². The van der Waals surface area contributed by atoms with Gasteiger partial charge in [-0.15, -0.1) is 0 Å². The molecular formula is C22H24N2O5. The van der Waals surface area contributed by atoms with Gasteiger partial charge in [0.05, 0.1) is 7.11 Å². The van der Waals surface area contributed by atoms with Crippen LogP contribution in [0.25, 0.3) is 11.0 Å². The lowest BCUT2D eigenvalue weighted by Gasteiger charge is -2.17. The summed E-state index contributed by atoms with van der Waals surface area (Å²) < 4.78 is 16.6. The number of carbonyl (C=O) groups is 2. The molecule has 0 radical (unpaired) electrons. The van der Waals surface area contributed by atoms with E-state index < -0.39 is 17.9 Å². The molecule has 0 aliphatic heterocycles. The van der Waals surface area contributed by atoms with Gasteiger partial charge in [-0.3, -0.25) is 20.4 Å². The van der Waals surface area contributed by atoms with Crippen LogP contribution >= 0.6 is 0 Å². The predicted molar refractivity (Wildman–Crippen MR) is 109 cm³/mol. The Bertz CT molecular complexity index is 1070. The Balaban J connectivity index is 1.65. The Morgan fingerprint density at radius 3 is 2.52 bits per heavy atom. The zero-order valence-corrected chi connectivity index (χ0v) is 17.1. The number of fused-ring (bicyclic) bond motifs is 1. The molecular weight excluding hydrogens is 372 g/mol. The summed E-state index contributed by atoms with van der Waals surface area (Å²) in [5, 5.41) is 0.771. The van der Waals surface area contributed by atoms with E-state index in [0.29, 0.717) is 22.6 Å². The topological polar surface area (TPSA) is 89.8 Å². The first-order chi connectivity index (χ1) is 13.8. The van der Waals surface area contributed by atoms with Crippen molar-refractivity contribution >= 4 is 22.8 Å². The van der Waals surface area contributed by atoms with Crippen LogP contribution in [0.3, 0.4) is 0 Å². The highest BCUT2D eigenvalue weighted by atomic mass is 16.5. The van der Waals surface area contributed by atoms with Gasteiger partial charge in [0, 0.05) is 10.9 Å². The van der Waals surface area contributed by atoms with Crippen LogP contribution in [0, 0.1) is 20.8 Å². The van der Waals surface area contributed by atoms with Gasteiger partial charge in [0.1, 0.15) is 17.1 Å². The van der Waals surface area contributed by atoms with E-state index in [1.54, 1.807) is 45.2 Å². The summed E-state index contributed by atoms with van der Waals surface area (Å²) in [6.45, 7) is 7.28. The van der Waals surface area contributed by atoms with Crippen molar-refractivity contribution in [3.63, 3.8) is 0 Å². The fourth-order valence-corrected chi connectivity index (χ4v) is 2.92. The Morgan fingerprint density at radius 2 is 1.79 bits per heavy atom. The standard InChI is InChI=1S/C22H24N2O5/c1-12-7-6-8-18(13(12)2)28-15(4)21(25)23-24-22(26)20-14(3)17-11-16(27-5)9-10-19(17)29-20/h6-11,15H,1-5H3,(H,23,25)(H,24,26)/t15-/m0/s1. The lowest BCUT2D eigenvalue weighted by Crippen LogP contribution is -2.47. The van der Waals surface area contributed by atoms with Crippen LogP contribution in [0.5, 0.6) is 11.5 Å². The van der Waals surface area contributed by atoms with Crippen molar-refractivity contribution in [1.82, 2.24) is 10.9 Å². The molecule has 0 spiro atoms. The number of hydrogen-bond donors (Lipinski definition) is 2. The minimum Gasteiger partial charge on any atom is -0.497 e. The number of carbonyl (C=O) groups excluding carboxylic acids is 2. The van der Waals surface area contributed by atoms with Crippen molar-refractivity contribution in [2.24, 2.45) is 0 Å². The zero-order chi connectivity index (χ0) is 21.1. The fourth-order valence-electron chi connectivity index (χ4n) is 2.92. The molecule has 0 aliphatic carbocycles. The highest BCUT2D eigenvalue weighted by Crippen LogP contribution is 2.28. The molecule has 2 N–H and O–H groups in total. The highest BCUT2D eigenvalue weighted by Gasteiger charge is 2.21. The largest absolute Gasteiger partial charge is 0.497 e. The average molecular weight is 396 g/mol. The van der Waals surface area contributed by atoms with Gasteiger partial charge in [-0.25, -0.2) is 0 Å². The molecule has 0 saturated heterocycles. The monoisotopic (exact) mass is 396 g/mol. The molecule has 0 saturated carbocycles. The van der Waals surface area contributed by atoms with Crippen molar-refractivity contribution in [2.45, 2.75) is 33.8 Å². The maximum atomic E-state index is 12.5. The van der Waals surface area contributed by atoms with Crippen molar-refractivity contribution < 1.29 is 23.5 Å². The number of nitrogens with one attached hydrogen (secondary N) is 2. The van der Waals surface area contributed by atoms with Gasteiger partial charge < -0.3 is 13.9 Å². The van der Waals surface area contributed by atoms with Crippen molar-refractivity contribution in [2.75, 3.05) is 7.11 Å². The van der Waals surface area contributed by atoms with Gasteiger partial charge in [0.15, 0.2) is 11.9 Å². The summed E-state index contributed by atoms with van der Waals surface area (Å²) in [6, 6.07) is 10.9. The molecule has 7 nitrogen and oxygen atoms in total. The van der Waals surface area contributed by atoms with E-state index in [9.17, 15) is 9.59 Å². The summed E-state index contributed by atoms with van der Waals surface area (Å²) in [5.74, 6) is 0.386. The first-order valence-electron chi connectivity index (χ1n) is 9.22. The van der Waals surface area contributed by atoms with Crippen LogP contribution in [0.15, 0.2) is 40.8 Å². The maximum Gasteiger partial charge on any atom is 0.305 e. The number of furan rings is 1. The Morgan fingerprint density at radius 1 is 1.03 bits per heavy atom. The third kappa shape index (κ3) is 4.18. The van der Waals surface area contributed by atoms with Crippen molar-refractivity contribution in [3.8, 4) is 11.5 Å². The Kier molecular flexibility index (Phi) is 5.77. The molecule has 2 amide bonds. The molecule has 1 aromatic heterocycles. The highest BCUT2D eigenvalue weighted by molar-refractivity contribution is 6.00.